The first-order valence-corrected chi connectivity index (χ1v) is 7.37. The Morgan fingerprint density at radius 1 is 1.33 bits per heavy atom. The zero-order valence-electron chi connectivity index (χ0n) is 12.3. The first kappa shape index (κ1) is 15.4. The van der Waals surface area contributed by atoms with E-state index in [9.17, 15) is 9.59 Å². The first-order chi connectivity index (χ1) is 10.1. The molecular formula is C16H22N2O3. The van der Waals surface area contributed by atoms with Crippen LogP contribution in [0.15, 0.2) is 24.3 Å². The van der Waals surface area contributed by atoms with Crippen LogP contribution >= 0.6 is 0 Å². The SMILES string of the molecule is CN(C(=O)NCCCC(=O)O)C1CCc2ccccc2C1. The Hall–Kier alpha value is -2.04. The van der Waals surface area contributed by atoms with Crippen LogP contribution in [0.5, 0.6) is 0 Å². The molecule has 0 saturated heterocycles. The number of urea groups is 1. The highest BCUT2D eigenvalue weighted by molar-refractivity contribution is 5.74. The van der Waals surface area contributed by atoms with Gasteiger partial charge in [-0.3, -0.25) is 4.79 Å². The largest absolute Gasteiger partial charge is 0.481 e. The highest BCUT2D eigenvalue weighted by Gasteiger charge is 2.24. The molecule has 1 atom stereocenters. The molecule has 114 valence electrons. The lowest BCUT2D eigenvalue weighted by atomic mass is 9.88. The number of hydrogen-bond acceptors (Lipinski definition) is 2. The van der Waals surface area contributed by atoms with Crippen molar-refractivity contribution in [2.75, 3.05) is 13.6 Å². The summed E-state index contributed by atoms with van der Waals surface area (Å²) in [6, 6.07) is 8.45. The van der Waals surface area contributed by atoms with Gasteiger partial charge in [0.1, 0.15) is 0 Å². The van der Waals surface area contributed by atoms with Crippen LogP contribution in [0, 0.1) is 0 Å². The van der Waals surface area contributed by atoms with Crippen molar-refractivity contribution in [1.29, 1.82) is 0 Å². The zero-order valence-corrected chi connectivity index (χ0v) is 12.3. The van der Waals surface area contributed by atoms with E-state index in [-0.39, 0.29) is 18.5 Å². The van der Waals surface area contributed by atoms with Crippen LogP contribution in [0.1, 0.15) is 30.4 Å². The van der Waals surface area contributed by atoms with Crippen LogP contribution in [0.25, 0.3) is 0 Å². The number of fused-ring (bicyclic) bond motifs is 1. The minimum absolute atomic E-state index is 0.0841. The Kier molecular flexibility index (Phi) is 5.20. The summed E-state index contributed by atoms with van der Waals surface area (Å²) in [7, 11) is 1.81. The summed E-state index contributed by atoms with van der Waals surface area (Å²) < 4.78 is 0. The summed E-state index contributed by atoms with van der Waals surface area (Å²) in [6.45, 7) is 0.402. The molecule has 0 saturated carbocycles. The van der Waals surface area contributed by atoms with Gasteiger partial charge in [-0.1, -0.05) is 24.3 Å². The van der Waals surface area contributed by atoms with E-state index < -0.39 is 5.97 Å². The maximum Gasteiger partial charge on any atom is 0.317 e. The number of carbonyl (C=O) groups is 2. The number of amides is 2. The fourth-order valence-electron chi connectivity index (χ4n) is 2.73. The minimum Gasteiger partial charge on any atom is -0.481 e. The molecule has 0 heterocycles. The van der Waals surface area contributed by atoms with Crippen molar-refractivity contribution in [3.63, 3.8) is 0 Å². The molecule has 1 aliphatic carbocycles. The van der Waals surface area contributed by atoms with Gasteiger partial charge in [-0.05, 0) is 36.8 Å². The highest BCUT2D eigenvalue weighted by atomic mass is 16.4. The molecule has 0 fully saturated rings. The first-order valence-electron chi connectivity index (χ1n) is 7.37. The average Bonchev–Trinajstić information content (AvgIpc) is 2.50. The Morgan fingerprint density at radius 3 is 2.76 bits per heavy atom. The number of hydrogen-bond donors (Lipinski definition) is 2. The number of nitrogens with one attached hydrogen (secondary N) is 1. The second-order valence-corrected chi connectivity index (χ2v) is 5.51. The number of carboxylic acids is 1. The molecule has 0 spiro atoms. The minimum atomic E-state index is -0.832. The molecule has 5 nitrogen and oxygen atoms in total. The van der Waals surface area contributed by atoms with E-state index in [1.165, 1.54) is 11.1 Å². The molecule has 0 radical (unpaired) electrons. The molecule has 1 aromatic carbocycles. The van der Waals surface area contributed by atoms with Gasteiger partial charge in [0.05, 0.1) is 0 Å². The number of nitrogens with zero attached hydrogens (tertiary/aromatic N) is 1. The topological polar surface area (TPSA) is 69.6 Å². The number of aryl methyl sites for hydroxylation is 1. The van der Waals surface area contributed by atoms with Crippen molar-refractivity contribution in [3.8, 4) is 0 Å². The third kappa shape index (κ3) is 4.21. The summed E-state index contributed by atoms with van der Waals surface area (Å²) in [5.41, 5.74) is 2.70. The van der Waals surface area contributed by atoms with Crippen LogP contribution < -0.4 is 5.32 Å². The molecule has 5 heteroatoms. The van der Waals surface area contributed by atoms with E-state index >= 15 is 0 Å². The molecule has 2 amide bonds. The van der Waals surface area contributed by atoms with E-state index in [1.807, 2.05) is 13.1 Å². The van der Waals surface area contributed by atoms with Crippen LogP contribution in [-0.2, 0) is 17.6 Å². The Bertz CT molecular complexity index is 516. The molecule has 2 N–H and O–H groups in total. The number of benzene rings is 1. The van der Waals surface area contributed by atoms with Crippen molar-refractivity contribution in [1.82, 2.24) is 10.2 Å². The van der Waals surface area contributed by atoms with Crippen molar-refractivity contribution in [2.45, 2.75) is 38.1 Å². The molecule has 0 aliphatic heterocycles. The third-order valence-corrected chi connectivity index (χ3v) is 4.03. The normalized spacial score (nSPS) is 16.9. The summed E-state index contributed by atoms with van der Waals surface area (Å²) in [6.07, 6.45) is 3.39. The standard InChI is InChI=1S/C16H22N2O3/c1-18(16(21)17-10-4-7-15(19)20)14-9-8-12-5-2-3-6-13(12)11-14/h2-3,5-6,14H,4,7-11H2,1H3,(H,17,21)(H,19,20). The van der Waals surface area contributed by atoms with Crippen molar-refractivity contribution >= 4 is 12.0 Å². The third-order valence-electron chi connectivity index (χ3n) is 4.03. The maximum atomic E-state index is 12.1. The van der Waals surface area contributed by atoms with Crippen LogP contribution in [0.4, 0.5) is 4.79 Å². The fraction of sp³-hybridized carbons (Fsp3) is 0.500. The summed E-state index contributed by atoms with van der Waals surface area (Å²) in [5, 5.41) is 11.3. The number of carbonyl (C=O) groups excluding carboxylic acids is 1. The van der Waals surface area contributed by atoms with E-state index in [4.69, 9.17) is 5.11 Å². The highest BCUT2D eigenvalue weighted by Crippen LogP contribution is 2.23. The van der Waals surface area contributed by atoms with Crippen molar-refractivity contribution in [3.05, 3.63) is 35.4 Å². The second kappa shape index (κ2) is 7.11. The quantitative estimate of drug-likeness (QED) is 0.815. The smallest absolute Gasteiger partial charge is 0.317 e. The lowest BCUT2D eigenvalue weighted by molar-refractivity contribution is -0.137. The maximum absolute atomic E-state index is 12.1. The van der Waals surface area contributed by atoms with Gasteiger partial charge in [-0.25, -0.2) is 4.79 Å². The van der Waals surface area contributed by atoms with E-state index in [0.717, 1.165) is 19.3 Å². The predicted molar refractivity (Wildman–Crippen MR) is 80.3 cm³/mol. The summed E-state index contributed by atoms with van der Waals surface area (Å²) in [5.74, 6) is -0.832. The van der Waals surface area contributed by atoms with Crippen LogP contribution in [-0.4, -0.2) is 41.6 Å². The monoisotopic (exact) mass is 290 g/mol. The second-order valence-electron chi connectivity index (χ2n) is 5.51. The summed E-state index contributed by atoms with van der Waals surface area (Å²) >= 11 is 0. The summed E-state index contributed by atoms with van der Waals surface area (Å²) in [4.78, 5) is 24.2. The van der Waals surface area contributed by atoms with Crippen LogP contribution in [0.2, 0.25) is 0 Å². The lowest BCUT2D eigenvalue weighted by Gasteiger charge is -2.32. The van der Waals surface area contributed by atoms with E-state index in [2.05, 4.69) is 23.5 Å². The fourth-order valence-corrected chi connectivity index (χ4v) is 2.73. The van der Waals surface area contributed by atoms with E-state index in [0.29, 0.717) is 13.0 Å². The van der Waals surface area contributed by atoms with E-state index in [1.54, 1.807) is 4.90 Å². The van der Waals surface area contributed by atoms with Gasteiger partial charge in [0.25, 0.3) is 0 Å². The molecule has 21 heavy (non-hydrogen) atoms. The molecular weight excluding hydrogens is 268 g/mol. The van der Waals surface area contributed by atoms with Gasteiger partial charge in [-0.2, -0.15) is 0 Å². The van der Waals surface area contributed by atoms with Gasteiger partial charge in [0.15, 0.2) is 0 Å². The molecule has 0 aromatic heterocycles. The molecule has 0 bridgehead atoms. The van der Waals surface area contributed by atoms with Gasteiger partial charge < -0.3 is 15.3 Å². The molecule has 1 aromatic rings. The number of carboxylic acid groups (broad SMARTS) is 1. The van der Waals surface area contributed by atoms with Crippen molar-refractivity contribution in [2.24, 2.45) is 0 Å². The Morgan fingerprint density at radius 2 is 2.05 bits per heavy atom. The zero-order chi connectivity index (χ0) is 15.2. The number of likely N-dealkylation sites (N-methyl/N-ethyl adjacent to an activating group) is 1. The molecule has 1 aliphatic rings. The van der Waals surface area contributed by atoms with Gasteiger partial charge >= 0.3 is 12.0 Å². The number of aliphatic carboxylic acids is 1. The van der Waals surface area contributed by atoms with Gasteiger partial charge in [0.2, 0.25) is 0 Å². The molecule has 1 unspecified atom stereocenters. The molecule has 2 rings (SSSR count). The lowest BCUT2D eigenvalue weighted by Crippen LogP contribution is -2.46. The van der Waals surface area contributed by atoms with Crippen molar-refractivity contribution < 1.29 is 14.7 Å². The Labute approximate surface area is 125 Å². The predicted octanol–water partition coefficient (Wildman–Crippen LogP) is 2.05. The number of rotatable bonds is 5. The van der Waals surface area contributed by atoms with Gasteiger partial charge in [-0.15, -0.1) is 0 Å². The van der Waals surface area contributed by atoms with Gasteiger partial charge in [0, 0.05) is 26.1 Å². The van der Waals surface area contributed by atoms with Crippen LogP contribution in [0.3, 0.4) is 0 Å². The average molecular weight is 290 g/mol. The Balaban J connectivity index is 1.82.